The van der Waals surface area contributed by atoms with Crippen LogP contribution in [0.1, 0.15) is 30.9 Å². The van der Waals surface area contributed by atoms with Gasteiger partial charge in [0, 0.05) is 35.7 Å². The summed E-state index contributed by atoms with van der Waals surface area (Å²) in [6, 6.07) is 21.0. The largest absolute Gasteiger partial charge is 0.494 e. The standard InChI is InChI=1S/C31H36N4O4/c1-6-28(36)35(18-10-17-34(2)3)23-15-13-22(14-16-23)32-30(21-11-8-7-9-12-21)29-24-19-26(38-4)27(39-5)20-25(24)33-31(29)37/h7-9,11-16,19-20,33,37H,6,10,17-18H2,1-5H3. The molecule has 1 heterocycles. The molecule has 1 aromatic heterocycles. The van der Waals surface area contributed by atoms with Crippen LogP contribution in [0.2, 0.25) is 0 Å². The van der Waals surface area contributed by atoms with Crippen molar-refractivity contribution in [3.8, 4) is 17.4 Å². The van der Waals surface area contributed by atoms with Crippen LogP contribution in [0.25, 0.3) is 10.9 Å². The molecule has 0 aliphatic carbocycles. The van der Waals surface area contributed by atoms with E-state index in [1.54, 1.807) is 20.3 Å². The first-order valence-electron chi connectivity index (χ1n) is 13.0. The summed E-state index contributed by atoms with van der Waals surface area (Å²) in [5, 5.41) is 11.8. The molecule has 3 aromatic carbocycles. The number of anilines is 1. The van der Waals surface area contributed by atoms with Crippen LogP contribution in [0.5, 0.6) is 17.4 Å². The average molecular weight is 529 g/mol. The molecule has 0 unspecified atom stereocenters. The predicted octanol–water partition coefficient (Wildman–Crippen LogP) is 5.75. The van der Waals surface area contributed by atoms with E-state index in [2.05, 4.69) is 9.88 Å². The van der Waals surface area contributed by atoms with Crippen LogP contribution in [-0.2, 0) is 4.79 Å². The fraction of sp³-hybridized carbons (Fsp3) is 0.290. The van der Waals surface area contributed by atoms with Crippen LogP contribution in [0.3, 0.4) is 0 Å². The van der Waals surface area contributed by atoms with Crippen molar-refractivity contribution < 1.29 is 19.4 Å². The van der Waals surface area contributed by atoms with Gasteiger partial charge in [0.2, 0.25) is 5.91 Å². The summed E-state index contributed by atoms with van der Waals surface area (Å²) in [6.07, 6.45) is 1.32. The number of methoxy groups -OCH3 is 2. The Morgan fingerprint density at radius 3 is 2.23 bits per heavy atom. The van der Waals surface area contributed by atoms with Crippen molar-refractivity contribution in [3.63, 3.8) is 0 Å². The lowest BCUT2D eigenvalue weighted by Crippen LogP contribution is -2.32. The monoisotopic (exact) mass is 528 g/mol. The Morgan fingerprint density at radius 2 is 1.62 bits per heavy atom. The fourth-order valence-corrected chi connectivity index (χ4v) is 4.58. The molecule has 4 rings (SSSR count). The number of aromatic hydroxyl groups is 1. The number of aliphatic imine (C=N–C) groups is 1. The van der Waals surface area contributed by atoms with Gasteiger partial charge < -0.3 is 29.4 Å². The zero-order chi connectivity index (χ0) is 27.9. The molecule has 2 N–H and O–H groups in total. The number of nitrogens with one attached hydrogen (secondary N) is 1. The number of amides is 1. The van der Waals surface area contributed by atoms with E-state index in [0.29, 0.717) is 46.9 Å². The summed E-state index contributed by atoms with van der Waals surface area (Å²) < 4.78 is 11.0. The number of H-pyrrole nitrogens is 1. The van der Waals surface area contributed by atoms with E-state index in [1.807, 2.05) is 86.6 Å². The number of carbonyl (C=O) groups excluding carboxylic acids is 1. The lowest BCUT2D eigenvalue weighted by molar-refractivity contribution is -0.118. The molecule has 4 aromatic rings. The number of aromatic amines is 1. The van der Waals surface area contributed by atoms with Crippen molar-refractivity contribution in [3.05, 3.63) is 77.9 Å². The first-order chi connectivity index (χ1) is 18.9. The Balaban J connectivity index is 1.78. The molecule has 0 bridgehead atoms. The van der Waals surface area contributed by atoms with Crippen molar-refractivity contribution in [2.75, 3.05) is 46.3 Å². The number of carbonyl (C=O) groups is 1. The van der Waals surface area contributed by atoms with Gasteiger partial charge in [-0.3, -0.25) is 4.79 Å². The van der Waals surface area contributed by atoms with Gasteiger partial charge in [-0.05, 0) is 57.4 Å². The third-order valence-electron chi connectivity index (χ3n) is 6.56. The molecule has 0 radical (unpaired) electrons. The van der Waals surface area contributed by atoms with Gasteiger partial charge in [-0.1, -0.05) is 37.3 Å². The summed E-state index contributed by atoms with van der Waals surface area (Å²) in [5.74, 6) is 1.20. The summed E-state index contributed by atoms with van der Waals surface area (Å²) in [6.45, 7) is 3.43. The molecular formula is C31H36N4O4. The SMILES string of the molecule is CCC(=O)N(CCCN(C)C)c1ccc(N=C(c2ccccc2)c2c(O)[nH]c3cc(OC)c(OC)cc23)cc1. The maximum atomic E-state index is 12.7. The second-order valence-corrected chi connectivity index (χ2v) is 9.50. The molecule has 1 amide bonds. The van der Waals surface area contributed by atoms with Crippen LogP contribution in [-0.4, -0.2) is 68.0 Å². The molecule has 0 saturated carbocycles. The number of benzene rings is 3. The number of nitrogens with zero attached hydrogens (tertiary/aromatic N) is 3. The van der Waals surface area contributed by atoms with E-state index >= 15 is 0 Å². The quantitative estimate of drug-likeness (QED) is 0.242. The van der Waals surface area contributed by atoms with Gasteiger partial charge in [0.1, 0.15) is 0 Å². The van der Waals surface area contributed by atoms with Crippen LogP contribution in [0.4, 0.5) is 11.4 Å². The van der Waals surface area contributed by atoms with E-state index in [-0.39, 0.29) is 11.8 Å². The third kappa shape index (κ3) is 6.23. The van der Waals surface area contributed by atoms with Crippen molar-refractivity contribution in [1.82, 2.24) is 9.88 Å². The Labute approximate surface area is 229 Å². The summed E-state index contributed by atoms with van der Waals surface area (Å²) in [4.78, 5) is 24.7. The second-order valence-electron chi connectivity index (χ2n) is 9.50. The fourth-order valence-electron chi connectivity index (χ4n) is 4.58. The zero-order valence-corrected chi connectivity index (χ0v) is 23.2. The highest BCUT2D eigenvalue weighted by Gasteiger charge is 2.21. The van der Waals surface area contributed by atoms with Crippen LogP contribution < -0.4 is 14.4 Å². The van der Waals surface area contributed by atoms with Crippen molar-refractivity contribution in [2.45, 2.75) is 19.8 Å². The first-order valence-corrected chi connectivity index (χ1v) is 13.0. The van der Waals surface area contributed by atoms with Gasteiger partial charge in [0.25, 0.3) is 0 Å². The molecule has 0 aliphatic rings. The van der Waals surface area contributed by atoms with Crippen LogP contribution >= 0.6 is 0 Å². The van der Waals surface area contributed by atoms with E-state index in [4.69, 9.17) is 14.5 Å². The summed E-state index contributed by atoms with van der Waals surface area (Å²) >= 11 is 0. The molecule has 0 atom stereocenters. The highest BCUT2D eigenvalue weighted by Crippen LogP contribution is 2.38. The Bertz CT molecular complexity index is 1440. The maximum absolute atomic E-state index is 12.7. The zero-order valence-electron chi connectivity index (χ0n) is 23.2. The summed E-state index contributed by atoms with van der Waals surface area (Å²) in [7, 11) is 7.21. The van der Waals surface area contributed by atoms with Gasteiger partial charge in [0.05, 0.1) is 36.7 Å². The number of aromatic nitrogens is 1. The highest BCUT2D eigenvalue weighted by molar-refractivity contribution is 6.22. The number of hydrogen-bond acceptors (Lipinski definition) is 6. The normalized spacial score (nSPS) is 11.7. The van der Waals surface area contributed by atoms with E-state index in [1.165, 1.54) is 0 Å². The molecule has 8 nitrogen and oxygen atoms in total. The van der Waals surface area contributed by atoms with Gasteiger partial charge in [-0.15, -0.1) is 0 Å². The Morgan fingerprint density at radius 1 is 0.949 bits per heavy atom. The molecule has 8 heteroatoms. The minimum absolute atomic E-state index is 0.000129. The number of fused-ring (bicyclic) bond motifs is 1. The lowest BCUT2D eigenvalue weighted by Gasteiger charge is -2.23. The highest BCUT2D eigenvalue weighted by atomic mass is 16.5. The third-order valence-corrected chi connectivity index (χ3v) is 6.56. The minimum Gasteiger partial charge on any atom is -0.494 e. The molecule has 39 heavy (non-hydrogen) atoms. The molecule has 204 valence electrons. The smallest absolute Gasteiger partial charge is 0.226 e. The van der Waals surface area contributed by atoms with Crippen molar-refractivity contribution in [2.24, 2.45) is 4.99 Å². The predicted molar refractivity (Wildman–Crippen MR) is 157 cm³/mol. The molecule has 0 aliphatic heterocycles. The first kappa shape index (κ1) is 27.7. The maximum Gasteiger partial charge on any atom is 0.226 e. The number of rotatable bonds is 11. The molecule has 0 saturated heterocycles. The van der Waals surface area contributed by atoms with Gasteiger partial charge in [-0.25, -0.2) is 4.99 Å². The van der Waals surface area contributed by atoms with Gasteiger partial charge in [-0.2, -0.15) is 0 Å². The average Bonchev–Trinajstić information content (AvgIpc) is 3.27. The number of ether oxygens (including phenoxy) is 2. The van der Waals surface area contributed by atoms with E-state index < -0.39 is 0 Å². The van der Waals surface area contributed by atoms with Crippen molar-refractivity contribution >= 4 is 33.9 Å². The van der Waals surface area contributed by atoms with Gasteiger partial charge >= 0.3 is 0 Å². The lowest BCUT2D eigenvalue weighted by atomic mass is 10.0. The van der Waals surface area contributed by atoms with Gasteiger partial charge in [0.15, 0.2) is 17.4 Å². The Hall–Kier alpha value is -4.30. The van der Waals surface area contributed by atoms with Crippen molar-refractivity contribution in [1.29, 1.82) is 0 Å². The molecule has 0 spiro atoms. The summed E-state index contributed by atoms with van der Waals surface area (Å²) in [5.41, 5.74) is 4.25. The molecular weight excluding hydrogens is 492 g/mol. The Kier molecular flexibility index (Phi) is 8.88. The minimum atomic E-state index is 0.000129. The van der Waals surface area contributed by atoms with Crippen LogP contribution in [0.15, 0.2) is 71.7 Å². The van der Waals surface area contributed by atoms with Crippen LogP contribution in [0, 0.1) is 0 Å². The van der Waals surface area contributed by atoms with E-state index in [0.717, 1.165) is 29.6 Å². The topological polar surface area (TPSA) is 90.4 Å². The van der Waals surface area contributed by atoms with E-state index in [9.17, 15) is 9.90 Å². The second kappa shape index (κ2) is 12.5. The number of hydrogen-bond donors (Lipinski definition) is 2. The molecule has 0 fully saturated rings.